The highest BCUT2D eigenvalue weighted by Gasteiger charge is 2.43. The van der Waals surface area contributed by atoms with Crippen molar-refractivity contribution in [3.8, 4) is 0 Å². The van der Waals surface area contributed by atoms with E-state index in [9.17, 15) is 15.0 Å². The fourth-order valence-electron chi connectivity index (χ4n) is 5.22. The van der Waals surface area contributed by atoms with Crippen molar-refractivity contribution >= 4 is 5.97 Å². The van der Waals surface area contributed by atoms with E-state index in [0.717, 1.165) is 12.8 Å². The van der Waals surface area contributed by atoms with Gasteiger partial charge in [0.2, 0.25) is 0 Å². The monoisotopic (exact) mass is 474 g/mol. The van der Waals surface area contributed by atoms with Gasteiger partial charge in [-0.2, -0.15) is 0 Å². The van der Waals surface area contributed by atoms with Gasteiger partial charge in [0, 0.05) is 6.42 Å². The number of carboxylic acids is 1. The maximum Gasteiger partial charge on any atom is 0.305 e. The molecule has 1 aliphatic carbocycles. The maximum atomic E-state index is 11.0. The summed E-state index contributed by atoms with van der Waals surface area (Å²) in [6.07, 6.45) is 11.9. The number of aliphatic carboxylic acids is 1. The van der Waals surface area contributed by atoms with Gasteiger partial charge < -0.3 is 24.8 Å². The van der Waals surface area contributed by atoms with Gasteiger partial charge in [0.05, 0.1) is 30.8 Å². The average molecular weight is 475 g/mol. The van der Waals surface area contributed by atoms with Crippen molar-refractivity contribution in [2.24, 2.45) is 23.7 Å². The van der Waals surface area contributed by atoms with Crippen molar-refractivity contribution < 1.29 is 29.6 Å². The van der Waals surface area contributed by atoms with E-state index in [1.54, 1.807) is 6.08 Å². The number of hydrogen-bond acceptors (Lipinski definition) is 5. The largest absolute Gasteiger partial charge is 0.481 e. The SMILES string of the molecule is CC[C@H]1O[C@@H](/C(C)=C/[C@H](C)/C=C/[C@H]2[C@@H](C)[C@@H]2/C=C/[C@H]2O[C@@H](CC(=O)O)C[C@@H](O)[C@@H]2O)CC=C1C. The summed E-state index contributed by atoms with van der Waals surface area (Å²) in [6.45, 7) is 10.9. The van der Waals surface area contributed by atoms with Crippen LogP contribution in [0.5, 0.6) is 0 Å². The molecule has 0 aromatic carbocycles. The van der Waals surface area contributed by atoms with E-state index in [-0.39, 0.29) is 25.0 Å². The minimum absolute atomic E-state index is 0.134. The van der Waals surface area contributed by atoms with Gasteiger partial charge >= 0.3 is 5.97 Å². The molecule has 0 bridgehead atoms. The smallest absolute Gasteiger partial charge is 0.305 e. The molecule has 34 heavy (non-hydrogen) atoms. The highest BCUT2D eigenvalue weighted by atomic mass is 16.5. The highest BCUT2D eigenvalue weighted by Crippen LogP contribution is 2.48. The Kier molecular flexibility index (Phi) is 9.33. The lowest BCUT2D eigenvalue weighted by Gasteiger charge is -2.35. The first-order chi connectivity index (χ1) is 16.1. The number of carboxylic acid groups (broad SMARTS) is 1. The van der Waals surface area contributed by atoms with Crippen LogP contribution in [0, 0.1) is 23.7 Å². The summed E-state index contributed by atoms with van der Waals surface area (Å²) in [7, 11) is 0. The number of aliphatic hydroxyl groups is 2. The second kappa shape index (κ2) is 11.8. The minimum Gasteiger partial charge on any atom is -0.481 e. The van der Waals surface area contributed by atoms with Crippen LogP contribution < -0.4 is 0 Å². The molecule has 190 valence electrons. The molecule has 0 spiro atoms. The van der Waals surface area contributed by atoms with Crippen LogP contribution in [0.4, 0.5) is 0 Å². The summed E-state index contributed by atoms with van der Waals surface area (Å²) in [6, 6.07) is 0. The summed E-state index contributed by atoms with van der Waals surface area (Å²) in [5, 5.41) is 29.3. The van der Waals surface area contributed by atoms with Crippen molar-refractivity contribution in [1.29, 1.82) is 0 Å². The molecule has 6 heteroatoms. The van der Waals surface area contributed by atoms with Crippen LogP contribution in [0.25, 0.3) is 0 Å². The van der Waals surface area contributed by atoms with Gasteiger partial charge in [-0.3, -0.25) is 4.79 Å². The number of rotatable bonds is 9. The van der Waals surface area contributed by atoms with Crippen molar-refractivity contribution in [2.45, 2.75) is 96.9 Å². The summed E-state index contributed by atoms with van der Waals surface area (Å²) in [4.78, 5) is 11.0. The molecule has 0 unspecified atom stereocenters. The van der Waals surface area contributed by atoms with E-state index < -0.39 is 30.4 Å². The number of hydrogen-bond donors (Lipinski definition) is 3. The zero-order valence-electron chi connectivity index (χ0n) is 21.1. The first kappa shape index (κ1) is 26.9. The van der Waals surface area contributed by atoms with Crippen LogP contribution in [0.15, 0.2) is 47.6 Å². The van der Waals surface area contributed by atoms with E-state index in [1.807, 2.05) is 6.08 Å². The van der Waals surface area contributed by atoms with Gasteiger partial charge in [0.15, 0.2) is 0 Å². The Balaban J connectivity index is 1.53. The van der Waals surface area contributed by atoms with Crippen molar-refractivity contribution in [3.63, 3.8) is 0 Å². The van der Waals surface area contributed by atoms with Crippen LogP contribution >= 0.6 is 0 Å². The van der Waals surface area contributed by atoms with Gasteiger partial charge in [0.1, 0.15) is 12.2 Å². The molecule has 2 fully saturated rings. The van der Waals surface area contributed by atoms with Gasteiger partial charge in [0.25, 0.3) is 0 Å². The van der Waals surface area contributed by atoms with Crippen LogP contribution in [0.2, 0.25) is 0 Å². The number of allylic oxidation sites excluding steroid dienone is 4. The molecule has 1 saturated heterocycles. The second-order valence-electron chi connectivity index (χ2n) is 10.4. The van der Waals surface area contributed by atoms with E-state index in [1.165, 1.54) is 11.1 Å². The molecule has 3 N–H and O–H groups in total. The Morgan fingerprint density at radius 2 is 1.91 bits per heavy atom. The quantitative estimate of drug-likeness (QED) is 0.428. The highest BCUT2D eigenvalue weighted by molar-refractivity contribution is 5.67. The molecule has 0 amide bonds. The maximum absolute atomic E-state index is 11.0. The lowest BCUT2D eigenvalue weighted by molar-refractivity contribution is -0.163. The normalized spacial score (nSPS) is 39.9. The molecule has 10 atom stereocenters. The van der Waals surface area contributed by atoms with Crippen LogP contribution in [-0.2, 0) is 14.3 Å². The minimum atomic E-state index is -1.04. The topological polar surface area (TPSA) is 96.2 Å². The van der Waals surface area contributed by atoms with Gasteiger partial charge in [-0.05, 0) is 61.5 Å². The average Bonchev–Trinajstić information content (AvgIpc) is 3.40. The molecular weight excluding hydrogens is 432 g/mol. The van der Waals surface area contributed by atoms with Gasteiger partial charge in [-0.25, -0.2) is 0 Å². The molecule has 0 aromatic rings. The van der Waals surface area contributed by atoms with Crippen molar-refractivity contribution in [3.05, 3.63) is 47.6 Å². The number of carbonyl (C=O) groups is 1. The number of aliphatic hydroxyl groups excluding tert-OH is 2. The molecule has 1 saturated carbocycles. The summed E-state index contributed by atoms with van der Waals surface area (Å²) in [5.74, 6) is 0.603. The lowest BCUT2D eigenvalue weighted by atomic mass is 9.95. The predicted molar refractivity (Wildman–Crippen MR) is 132 cm³/mol. The standard InChI is InChI=1S/C28H42O6/c1-6-24-17(3)8-11-25(34-24)18(4)13-16(2)7-9-21-19(5)22(21)10-12-26-28(32)23(29)14-20(33-26)15-27(30)31/h7-10,12-13,16,19-26,28-29,32H,6,11,14-15H2,1-5H3,(H,30,31)/b9-7+,12-10+,18-13+/t16-,19-,20-,21+,22+,23-,24-,25-,26-,28+/m1/s1. The van der Waals surface area contributed by atoms with E-state index in [2.05, 4.69) is 58.9 Å². The van der Waals surface area contributed by atoms with Crippen LogP contribution in [0.3, 0.4) is 0 Å². The van der Waals surface area contributed by atoms with E-state index >= 15 is 0 Å². The molecule has 2 aliphatic heterocycles. The molecule has 3 aliphatic rings. The second-order valence-corrected chi connectivity index (χ2v) is 10.4. The molecule has 3 rings (SSSR count). The first-order valence-electron chi connectivity index (χ1n) is 12.7. The van der Waals surface area contributed by atoms with Crippen LogP contribution in [0.1, 0.15) is 60.3 Å². The molecule has 0 aromatic heterocycles. The fourth-order valence-corrected chi connectivity index (χ4v) is 5.22. The van der Waals surface area contributed by atoms with Gasteiger partial charge in [-0.1, -0.05) is 57.2 Å². The predicted octanol–water partition coefficient (Wildman–Crippen LogP) is 4.43. The lowest BCUT2D eigenvalue weighted by Crippen LogP contribution is -2.47. The Morgan fingerprint density at radius 1 is 1.21 bits per heavy atom. The van der Waals surface area contributed by atoms with Gasteiger partial charge in [-0.15, -0.1) is 0 Å². The summed E-state index contributed by atoms with van der Waals surface area (Å²) < 4.78 is 12.0. The van der Waals surface area contributed by atoms with E-state index in [0.29, 0.717) is 23.7 Å². The zero-order valence-corrected chi connectivity index (χ0v) is 21.1. The van der Waals surface area contributed by atoms with Crippen LogP contribution in [-0.4, -0.2) is 57.9 Å². The molecule has 6 nitrogen and oxygen atoms in total. The Bertz CT molecular complexity index is 827. The summed E-state index contributed by atoms with van der Waals surface area (Å²) >= 11 is 0. The molecule has 2 heterocycles. The number of ether oxygens (including phenoxy) is 2. The zero-order chi connectivity index (χ0) is 25.0. The first-order valence-corrected chi connectivity index (χ1v) is 12.7. The summed E-state index contributed by atoms with van der Waals surface area (Å²) in [5.41, 5.74) is 2.61. The fraction of sp³-hybridized carbons (Fsp3) is 0.679. The molecular formula is C28H42O6. The molecule has 0 radical (unpaired) electrons. The Hall–Kier alpha value is -1.73. The van der Waals surface area contributed by atoms with Crippen molar-refractivity contribution in [2.75, 3.05) is 0 Å². The van der Waals surface area contributed by atoms with Crippen molar-refractivity contribution in [1.82, 2.24) is 0 Å². The van der Waals surface area contributed by atoms with E-state index in [4.69, 9.17) is 14.6 Å². The Labute approximate surface area is 204 Å². The third-order valence-electron chi connectivity index (χ3n) is 7.56. The Morgan fingerprint density at radius 3 is 2.59 bits per heavy atom. The third-order valence-corrected chi connectivity index (χ3v) is 7.56. The third kappa shape index (κ3) is 6.91.